The molecule has 0 radical (unpaired) electrons. The summed E-state index contributed by atoms with van der Waals surface area (Å²) in [6.07, 6.45) is 5.41. The standard InChI is InChI=1S/C25H27N3O5S2/c1-33-25(30)23(12-14-34-2)27-24(29)21-11-10-20(15-22(21)19-8-4-3-5-9-19)28-35(31,32)17-18-7-6-13-26-16-18/h3-11,13,15-16,23,28H,12,14,17H2,1-2H3,(H,27,29)/t23-/m0/s1. The summed E-state index contributed by atoms with van der Waals surface area (Å²) >= 11 is 1.56. The molecule has 0 spiro atoms. The van der Waals surface area contributed by atoms with Crippen LogP contribution in [-0.2, 0) is 25.3 Å². The number of benzene rings is 2. The number of anilines is 1. The van der Waals surface area contributed by atoms with Gasteiger partial charge in [0.25, 0.3) is 5.91 Å². The minimum atomic E-state index is -3.72. The Labute approximate surface area is 209 Å². The highest BCUT2D eigenvalue weighted by Crippen LogP contribution is 2.28. The average molecular weight is 514 g/mol. The molecule has 184 valence electrons. The largest absolute Gasteiger partial charge is 0.467 e. The van der Waals surface area contributed by atoms with E-state index in [1.54, 1.807) is 42.2 Å². The molecular weight excluding hydrogens is 486 g/mol. The number of esters is 1. The molecule has 0 fully saturated rings. The second-order valence-corrected chi connectivity index (χ2v) is 10.4. The van der Waals surface area contributed by atoms with Crippen molar-refractivity contribution in [1.29, 1.82) is 0 Å². The molecule has 0 saturated heterocycles. The molecule has 0 saturated carbocycles. The van der Waals surface area contributed by atoms with Gasteiger partial charge in [0.1, 0.15) is 6.04 Å². The summed E-state index contributed by atoms with van der Waals surface area (Å²) in [5, 5.41) is 2.76. The average Bonchev–Trinajstić information content (AvgIpc) is 2.86. The zero-order valence-corrected chi connectivity index (χ0v) is 21.1. The summed E-state index contributed by atoms with van der Waals surface area (Å²) in [5.41, 5.74) is 2.43. The van der Waals surface area contributed by atoms with Crippen molar-refractivity contribution in [3.8, 4) is 11.1 Å². The lowest BCUT2D eigenvalue weighted by Crippen LogP contribution is -2.42. The third-order valence-corrected chi connectivity index (χ3v) is 7.01. The predicted molar refractivity (Wildman–Crippen MR) is 139 cm³/mol. The van der Waals surface area contributed by atoms with E-state index in [0.29, 0.717) is 34.6 Å². The van der Waals surface area contributed by atoms with Crippen molar-refractivity contribution in [1.82, 2.24) is 10.3 Å². The summed E-state index contributed by atoms with van der Waals surface area (Å²) in [6, 6.07) is 16.4. The van der Waals surface area contributed by atoms with Gasteiger partial charge in [-0.2, -0.15) is 11.8 Å². The van der Waals surface area contributed by atoms with E-state index in [-0.39, 0.29) is 5.75 Å². The lowest BCUT2D eigenvalue weighted by Gasteiger charge is -2.18. The van der Waals surface area contributed by atoms with Crippen molar-refractivity contribution in [2.75, 3.05) is 23.8 Å². The van der Waals surface area contributed by atoms with E-state index in [9.17, 15) is 18.0 Å². The maximum atomic E-state index is 13.2. The molecule has 35 heavy (non-hydrogen) atoms. The molecule has 1 aromatic heterocycles. The van der Waals surface area contributed by atoms with Gasteiger partial charge in [-0.1, -0.05) is 36.4 Å². The van der Waals surface area contributed by atoms with Gasteiger partial charge in [-0.15, -0.1) is 0 Å². The highest BCUT2D eigenvalue weighted by atomic mass is 32.2. The topological polar surface area (TPSA) is 114 Å². The Morgan fingerprint density at radius 3 is 2.51 bits per heavy atom. The van der Waals surface area contributed by atoms with Crippen LogP contribution in [0.5, 0.6) is 0 Å². The van der Waals surface area contributed by atoms with Crippen molar-refractivity contribution in [3.63, 3.8) is 0 Å². The number of ether oxygens (including phenoxy) is 1. The number of nitrogens with zero attached hydrogens (tertiary/aromatic N) is 1. The van der Waals surface area contributed by atoms with E-state index in [1.807, 2.05) is 36.6 Å². The summed E-state index contributed by atoms with van der Waals surface area (Å²) in [4.78, 5) is 29.3. The van der Waals surface area contributed by atoms with Crippen molar-refractivity contribution < 1.29 is 22.7 Å². The first kappa shape index (κ1) is 26.2. The highest BCUT2D eigenvalue weighted by molar-refractivity contribution is 7.98. The predicted octanol–water partition coefficient (Wildman–Crippen LogP) is 3.72. The van der Waals surface area contributed by atoms with Crippen molar-refractivity contribution in [3.05, 3.63) is 84.2 Å². The second kappa shape index (κ2) is 12.4. The molecule has 0 aliphatic rings. The summed E-state index contributed by atoms with van der Waals surface area (Å²) in [7, 11) is -2.44. The number of hydrogen-bond acceptors (Lipinski definition) is 7. The summed E-state index contributed by atoms with van der Waals surface area (Å²) in [6.45, 7) is 0. The molecule has 1 atom stereocenters. The molecule has 0 aliphatic heterocycles. The molecular formula is C25H27N3O5S2. The molecule has 8 nitrogen and oxygen atoms in total. The van der Waals surface area contributed by atoms with E-state index < -0.39 is 27.9 Å². The SMILES string of the molecule is COC(=O)[C@H](CCSC)NC(=O)c1ccc(NS(=O)(=O)Cc2cccnc2)cc1-c1ccccc1. The number of thioether (sulfide) groups is 1. The van der Waals surface area contributed by atoms with Crippen LogP contribution >= 0.6 is 11.8 Å². The molecule has 3 aromatic rings. The van der Waals surface area contributed by atoms with E-state index in [0.717, 1.165) is 5.56 Å². The third kappa shape index (κ3) is 7.56. The lowest BCUT2D eigenvalue weighted by molar-refractivity contribution is -0.142. The maximum Gasteiger partial charge on any atom is 0.328 e. The van der Waals surface area contributed by atoms with E-state index in [4.69, 9.17) is 4.74 Å². The first-order valence-electron chi connectivity index (χ1n) is 10.8. The fourth-order valence-corrected chi connectivity index (χ4v) is 5.08. The van der Waals surface area contributed by atoms with Gasteiger partial charge in [-0.25, -0.2) is 13.2 Å². The van der Waals surface area contributed by atoms with E-state index >= 15 is 0 Å². The molecule has 2 N–H and O–H groups in total. The fraction of sp³-hybridized carbons (Fsp3) is 0.240. The van der Waals surface area contributed by atoms with Gasteiger partial charge in [0.05, 0.1) is 12.9 Å². The normalized spacial score (nSPS) is 11.9. The van der Waals surface area contributed by atoms with Gasteiger partial charge in [0.2, 0.25) is 10.0 Å². The summed E-state index contributed by atoms with van der Waals surface area (Å²) in [5.74, 6) is -0.540. The number of amides is 1. The van der Waals surface area contributed by atoms with Crippen LogP contribution in [0.4, 0.5) is 5.69 Å². The zero-order valence-electron chi connectivity index (χ0n) is 19.4. The lowest BCUT2D eigenvalue weighted by atomic mass is 9.98. The second-order valence-electron chi connectivity index (χ2n) is 7.68. The van der Waals surface area contributed by atoms with Gasteiger partial charge >= 0.3 is 5.97 Å². The Morgan fingerprint density at radius 2 is 1.86 bits per heavy atom. The van der Waals surface area contributed by atoms with Crippen molar-refractivity contribution in [2.45, 2.75) is 18.2 Å². The number of rotatable bonds is 11. The minimum absolute atomic E-state index is 0.236. The molecule has 1 amide bonds. The van der Waals surface area contributed by atoms with Gasteiger partial charge in [-0.3, -0.25) is 14.5 Å². The summed E-state index contributed by atoms with van der Waals surface area (Å²) < 4.78 is 32.9. The van der Waals surface area contributed by atoms with Gasteiger partial charge in [0.15, 0.2) is 0 Å². The highest BCUT2D eigenvalue weighted by Gasteiger charge is 2.24. The number of nitrogens with one attached hydrogen (secondary N) is 2. The zero-order chi connectivity index (χ0) is 25.3. The minimum Gasteiger partial charge on any atom is -0.467 e. The van der Waals surface area contributed by atoms with Crippen LogP contribution in [0.3, 0.4) is 0 Å². The fourth-order valence-electron chi connectivity index (χ4n) is 3.44. The van der Waals surface area contributed by atoms with Crippen LogP contribution in [0.25, 0.3) is 11.1 Å². The molecule has 10 heteroatoms. The number of carbonyl (C=O) groups is 2. The Balaban J connectivity index is 1.91. The number of methoxy groups -OCH3 is 1. The molecule has 0 unspecified atom stereocenters. The Morgan fingerprint density at radius 1 is 1.09 bits per heavy atom. The first-order valence-corrected chi connectivity index (χ1v) is 13.8. The van der Waals surface area contributed by atoms with Gasteiger partial charge < -0.3 is 10.1 Å². The number of carbonyl (C=O) groups excluding carboxylic acids is 2. The molecule has 1 heterocycles. The third-order valence-electron chi connectivity index (χ3n) is 5.10. The number of hydrogen-bond donors (Lipinski definition) is 2. The smallest absolute Gasteiger partial charge is 0.328 e. The van der Waals surface area contributed by atoms with Crippen LogP contribution in [0.15, 0.2) is 73.1 Å². The van der Waals surface area contributed by atoms with E-state index in [2.05, 4.69) is 15.0 Å². The van der Waals surface area contributed by atoms with Crippen LogP contribution in [0.1, 0.15) is 22.3 Å². The molecule has 0 aliphatic carbocycles. The number of sulfonamides is 1. The Kier molecular flexibility index (Phi) is 9.27. The van der Waals surface area contributed by atoms with Crippen LogP contribution in [-0.4, -0.2) is 50.4 Å². The van der Waals surface area contributed by atoms with Crippen molar-refractivity contribution >= 4 is 39.3 Å². The van der Waals surface area contributed by atoms with Crippen molar-refractivity contribution in [2.24, 2.45) is 0 Å². The maximum absolute atomic E-state index is 13.2. The number of pyridine rings is 1. The van der Waals surface area contributed by atoms with Crippen LogP contribution < -0.4 is 10.0 Å². The van der Waals surface area contributed by atoms with Crippen LogP contribution in [0.2, 0.25) is 0 Å². The van der Waals surface area contributed by atoms with E-state index in [1.165, 1.54) is 19.4 Å². The molecule has 0 bridgehead atoms. The Bertz CT molecular complexity index is 1250. The quantitative estimate of drug-likeness (QED) is 0.376. The van der Waals surface area contributed by atoms with Gasteiger partial charge in [-0.05, 0) is 59.4 Å². The Hall–Kier alpha value is -3.37. The first-order chi connectivity index (χ1) is 16.8. The number of aromatic nitrogens is 1. The molecule has 3 rings (SSSR count). The monoisotopic (exact) mass is 513 g/mol. The van der Waals surface area contributed by atoms with Gasteiger partial charge in [0, 0.05) is 23.6 Å². The molecule has 2 aromatic carbocycles. The van der Waals surface area contributed by atoms with Crippen LogP contribution in [0, 0.1) is 0 Å².